The Morgan fingerprint density at radius 3 is 2.20 bits per heavy atom. The van der Waals surface area contributed by atoms with Gasteiger partial charge in [0.2, 0.25) is 0 Å². The Kier molecular flexibility index (Phi) is 4.90. The van der Waals surface area contributed by atoms with Gasteiger partial charge >= 0.3 is 0 Å². The SMILES string of the molecule is CNC(c1cc(C)c(C)cc1C)c1ccccc1SC. The van der Waals surface area contributed by atoms with E-state index in [1.165, 1.54) is 32.7 Å². The van der Waals surface area contributed by atoms with Crippen LogP contribution >= 0.6 is 11.8 Å². The number of hydrogen-bond donors (Lipinski definition) is 1. The Labute approximate surface area is 126 Å². The van der Waals surface area contributed by atoms with Gasteiger partial charge in [0, 0.05) is 4.90 Å². The van der Waals surface area contributed by atoms with Crippen LogP contribution in [0.25, 0.3) is 0 Å². The second-order valence-electron chi connectivity index (χ2n) is 5.26. The van der Waals surface area contributed by atoms with Crippen molar-refractivity contribution >= 4 is 11.8 Å². The van der Waals surface area contributed by atoms with Gasteiger partial charge < -0.3 is 5.32 Å². The largest absolute Gasteiger partial charge is 0.309 e. The van der Waals surface area contributed by atoms with Gasteiger partial charge in [0.15, 0.2) is 0 Å². The summed E-state index contributed by atoms with van der Waals surface area (Å²) in [5.41, 5.74) is 6.79. The zero-order valence-electron chi connectivity index (χ0n) is 12.9. The quantitative estimate of drug-likeness (QED) is 0.821. The van der Waals surface area contributed by atoms with E-state index in [1.54, 1.807) is 11.8 Å². The highest BCUT2D eigenvalue weighted by Crippen LogP contribution is 2.32. The average molecular weight is 285 g/mol. The average Bonchev–Trinajstić information content (AvgIpc) is 2.45. The minimum absolute atomic E-state index is 0.248. The summed E-state index contributed by atoms with van der Waals surface area (Å²) in [5, 5.41) is 3.48. The molecule has 1 N–H and O–H groups in total. The number of rotatable bonds is 4. The fourth-order valence-corrected chi connectivity index (χ4v) is 3.31. The van der Waals surface area contributed by atoms with Gasteiger partial charge in [-0.05, 0) is 68.0 Å². The molecule has 2 heteroatoms. The van der Waals surface area contributed by atoms with Crippen molar-refractivity contribution in [2.75, 3.05) is 13.3 Å². The van der Waals surface area contributed by atoms with Crippen molar-refractivity contribution in [2.45, 2.75) is 31.7 Å². The Morgan fingerprint density at radius 1 is 0.900 bits per heavy atom. The first kappa shape index (κ1) is 15.1. The Morgan fingerprint density at radius 2 is 1.55 bits per heavy atom. The van der Waals surface area contributed by atoms with Crippen molar-refractivity contribution in [1.29, 1.82) is 0 Å². The van der Waals surface area contributed by atoms with Crippen molar-refractivity contribution in [2.24, 2.45) is 0 Å². The molecule has 0 aliphatic rings. The van der Waals surface area contributed by atoms with E-state index in [2.05, 4.69) is 68.7 Å². The topological polar surface area (TPSA) is 12.0 Å². The molecule has 2 rings (SSSR count). The molecule has 0 aliphatic heterocycles. The van der Waals surface area contributed by atoms with Crippen LogP contribution in [0.2, 0.25) is 0 Å². The molecule has 0 saturated heterocycles. The molecule has 106 valence electrons. The monoisotopic (exact) mass is 285 g/mol. The third kappa shape index (κ3) is 2.92. The smallest absolute Gasteiger partial charge is 0.0588 e. The lowest BCUT2D eigenvalue weighted by atomic mass is 9.92. The molecule has 2 aromatic carbocycles. The number of aryl methyl sites for hydroxylation is 3. The highest BCUT2D eigenvalue weighted by atomic mass is 32.2. The molecule has 0 spiro atoms. The fourth-order valence-electron chi connectivity index (χ4n) is 2.68. The van der Waals surface area contributed by atoms with E-state index >= 15 is 0 Å². The molecule has 1 atom stereocenters. The van der Waals surface area contributed by atoms with Crippen LogP contribution in [0.1, 0.15) is 33.9 Å². The maximum Gasteiger partial charge on any atom is 0.0588 e. The molecule has 0 fully saturated rings. The molecule has 1 unspecified atom stereocenters. The lowest BCUT2D eigenvalue weighted by Gasteiger charge is -2.23. The van der Waals surface area contributed by atoms with E-state index in [1.807, 2.05) is 7.05 Å². The van der Waals surface area contributed by atoms with Gasteiger partial charge in [-0.1, -0.05) is 30.3 Å². The molecule has 0 saturated carbocycles. The molecule has 2 aromatic rings. The van der Waals surface area contributed by atoms with Gasteiger partial charge in [0.25, 0.3) is 0 Å². The van der Waals surface area contributed by atoms with Gasteiger partial charge in [-0.25, -0.2) is 0 Å². The standard InChI is InChI=1S/C18H23NS/c1-12-10-14(3)16(11-13(12)2)18(19-4)15-8-6-7-9-17(15)20-5/h6-11,18-19H,1-5H3. The normalized spacial score (nSPS) is 12.4. The highest BCUT2D eigenvalue weighted by molar-refractivity contribution is 7.98. The molecule has 0 aromatic heterocycles. The first-order valence-electron chi connectivity index (χ1n) is 6.96. The van der Waals surface area contributed by atoms with Crippen LogP contribution < -0.4 is 5.32 Å². The van der Waals surface area contributed by atoms with E-state index in [0.29, 0.717) is 0 Å². The number of thioether (sulfide) groups is 1. The van der Waals surface area contributed by atoms with Crippen LogP contribution in [-0.2, 0) is 0 Å². The lowest BCUT2D eigenvalue weighted by molar-refractivity contribution is 0.675. The molecule has 20 heavy (non-hydrogen) atoms. The van der Waals surface area contributed by atoms with Crippen molar-refractivity contribution in [1.82, 2.24) is 5.32 Å². The Hall–Kier alpha value is -1.25. The predicted molar refractivity (Wildman–Crippen MR) is 89.8 cm³/mol. The van der Waals surface area contributed by atoms with Gasteiger partial charge in [0.05, 0.1) is 6.04 Å². The summed E-state index contributed by atoms with van der Waals surface area (Å²) in [6.07, 6.45) is 2.14. The predicted octanol–water partition coefficient (Wildman–Crippen LogP) is 4.64. The summed E-state index contributed by atoms with van der Waals surface area (Å²) < 4.78 is 0. The third-order valence-corrected chi connectivity index (χ3v) is 4.74. The third-order valence-electron chi connectivity index (χ3n) is 3.93. The van der Waals surface area contributed by atoms with Gasteiger partial charge in [-0.3, -0.25) is 0 Å². The van der Waals surface area contributed by atoms with E-state index in [9.17, 15) is 0 Å². The summed E-state index contributed by atoms with van der Waals surface area (Å²) in [4.78, 5) is 1.34. The minimum atomic E-state index is 0.248. The second-order valence-corrected chi connectivity index (χ2v) is 6.10. The summed E-state index contributed by atoms with van der Waals surface area (Å²) >= 11 is 1.81. The summed E-state index contributed by atoms with van der Waals surface area (Å²) in [5.74, 6) is 0. The fraction of sp³-hybridized carbons (Fsp3) is 0.333. The minimum Gasteiger partial charge on any atom is -0.309 e. The summed E-state index contributed by atoms with van der Waals surface area (Å²) in [6, 6.07) is 13.5. The highest BCUT2D eigenvalue weighted by Gasteiger charge is 2.17. The van der Waals surface area contributed by atoms with Crippen molar-refractivity contribution in [3.05, 3.63) is 64.2 Å². The summed E-state index contributed by atoms with van der Waals surface area (Å²) in [7, 11) is 2.04. The lowest BCUT2D eigenvalue weighted by Crippen LogP contribution is -2.19. The van der Waals surface area contributed by atoms with Crippen LogP contribution in [-0.4, -0.2) is 13.3 Å². The maximum atomic E-state index is 3.48. The van der Waals surface area contributed by atoms with Crippen LogP contribution in [0, 0.1) is 20.8 Å². The molecular formula is C18H23NS. The summed E-state index contributed by atoms with van der Waals surface area (Å²) in [6.45, 7) is 6.57. The van der Waals surface area contributed by atoms with Gasteiger partial charge in [-0.15, -0.1) is 11.8 Å². The Balaban J connectivity index is 2.55. The first-order chi connectivity index (χ1) is 9.58. The molecule has 0 aliphatic carbocycles. The zero-order valence-corrected chi connectivity index (χ0v) is 13.8. The number of nitrogens with one attached hydrogen (secondary N) is 1. The van der Waals surface area contributed by atoms with Crippen LogP contribution in [0.5, 0.6) is 0 Å². The molecular weight excluding hydrogens is 262 g/mol. The van der Waals surface area contributed by atoms with Gasteiger partial charge in [0.1, 0.15) is 0 Å². The molecule has 0 amide bonds. The first-order valence-corrected chi connectivity index (χ1v) is 8.19. The van der Waals surface area contributed by atoms with Crippen LogP contribution in [0.3, 0.4) is 0 Å². The van der Waals surface area contributed by atoms with E-state index < -0.39 is 0 Å². The second kappa shape index (κ2) is 6.47. The van der Waals surface area contributed by atoms with E-state index in [0.717, 1.165) is 0 Å². The molecule has 0 bridgehead atoms. The number of hydrogen-bond acceptors (Lipinski definition) is 2. The zero-order chi connectivity index (χ0) is 14.7. The maximum absolute atomic E-state index is 3.48. The van der Waals surface area contributed by atoms with Crippen molar-refractivity contribution in [3.8, 4) is 0 Å². The number of benzene rings is 2. The van der Waals surface area contributed by atoms with Crippen molar-refractivity contribution in [3.63, 3.8) is 0 Å². The van der Waals surface area contributed by atoms with Crippen molar-refractivity contribution < 1.29 is 0 Å². The van der Waals surface area contributed by atoms with E-state index in [4.69, 9.17) is 0 Å². The van der Waals surface area contributed by atoms with Crippen LogP contribution in [0.15, 0.2) is 41.3 Å². The molecule has 0 heterocycles. The molecule has 1 nitrogen and oxygen atoms in total. The van der Waals surface area contributed by atoms with Gasteiger partial charge in [-0.2, -0.15) is 0 Å². The van der Waals surface area contributed by atoms with E-state index in [-0.39, 0.29) is 6.04 Å². The Bertz CT molecular complexity index is 604. The van der Waals surface area contributed by atoms with Crippen LogP contribution in [0.4, 0.5) is 0 Å². The molecule has 0 radical (unpaired) electrons.